The Bertz CT molecular complexity index is 1310. The van der Waals surface area contributed by atoms with Crippen LogP contribution in [0.4, 0.5) is 0 Å². The summed E-state index contributed by atoms with van der Waals surface area (Å²) in [6.45, 7) is 0.934. The third-order valence-electron chi connectivity index (χ3n) is 6.07. The van der Waals surface area contributed by atoms with Crippen LogP contribution in [-0.4, -0.2) is 48.0 Å². The Kier molecular flexibility index (Phi) is 6.18. The number of amidine groups is 1. The summed E-state index contributed by atoms with van der Waals surface area (Å²) < 4.78 is 28.2. The van der Waals surface area contributed by atoms with E-state index in [1.807, 2.05) is 0 Å². The molecule has 0 saturated carbocycles. The number of fused-ring (bicyclic) bond motifs is 1. The number of carbonyl (C=O) groups excluding carboxylic acids is 1. The van der Waals surface area contributed by atoms with E-state index in [1.54, 1.807) is 53.4 Å². The van der Waals surface area contributed by atoms with Gasteiger partial charge in [-0.05, 0) is 43.0 Å². The first kappa shape index (κ1) is 22.9. The van der Waals surface area contributed by atoms with E-state index in [0.29, 0.717) is 29.6 Å². The smallest absolute Gasteiger partial charge is 0.259 e. The van der Waals surface area contributed by atoms with E-state index in [0.717, 1.165) is 19.3 Å². The highest BCUT2D eigenvalue weighted by atomic mass is 32.2. The van der Waals surface area contributed by atoms with Gasteiger partial charge in [-0.15, -0.1) is 0 Å². The summed E-state index contributed by atoms with van der Waals surface area (Å²) in [6.07, 6.45) is 3.86. The molecule has 4 rings (SSSR count). The Labute approximate surface area is 193 Å². The normalized spacial score (nSPS) is 16.3. The number of carbonyl (C=O) groups is 1. The number of nitrogens with two attached hydrogens (primary N) is 2. The van der Waals surface area contributed by atoms with Crippen LogP contribution in [0.25, 0.3) is 10.9 Å². The van der Waals surface area contributed by atoms with Crippen molar-refractivity contribution >= 4 is 32.5 Å². The van der Waals surface area contributed by atoms with Crippen LogP contribution in [0, 0.1) is 5.41 Å². The minimum atomic E-state index is -4.37. The highest BCUT2D eigenvalue weighted by Gasteiger charge is 2.51. The van der Waals surface area contributed by atoms with Gasteiger partial charge in [-0.3, -0.25) is 15.2 Å². The number of amides is 1. The molecule has 0 spiro atoms. The summed E-state index contributed by atoms with van der Waals surface area (Å²) in [5.74, 6) is -0.772. The first-order valence-electron chi connectivity index (χ1n) is 10.8. The van der Waals surface area contributed by atoms with E-state index < -0.39 is 20.6 Å². The Morgan fingerprint density at radius 3 is 2.48 bits per heavy atom. The zero-order valence-corrected chi connectivity index (χ0v) is 19.0. The van der Waals surface area contributed by atoms with Crippen molar-refractivity contribution in [2.45, 2.75) is 35.4 Å². The number of sulfone groups is 1. The molecule has 1 aliphatic rings. The number of nitrogens with zero attached hydrogens (tertiary/aromatic N) is 2. The molecule has 1 saturated heterocycles. The molecule has 2 aromatic carbocycles. The van der Waals surface area contributed by atoms with Crippen LogP contribution in [0.3, 0.4) is 0 Å². The van der Waals surface area contributed by atoms with Gasteiger partial charge in [-0.25, -0.2) is 8.42 Å². The SMILES string of the molecule is N=C(N)c1cccc(C[C@](N)(C(=O)N2CCCCC2)S(=O)(=O)c2cccc3cccnc23)c1. The van der Waals surface area contributed by atoms with Crippen molar-refractivity contribution in [3.05, 3.63) is 71.9 Å². The summed E-state index contributed by atoms with van der Waals surface area (Å²) in [7, 11) is -4.37. The lowest BCUT2D eigenvalue weighted by atomic mass is 10.0. The molecular formula is C24H27N5O3S. The molecule has 1 atom stereocenters. The largest absolute Gasteiger partial charge is 0.384 e. The highest BCUT2D eigenvalue weighted by molar-refractivity contribution is 7.93. The first-order valence-corrected chi connectivity index (χ1v) is 12.3. The van der Waals surface area contributed by atoms with Gasteiger partial charge in [0, 0.05) is 36.7 Å². The van der Waals surface area contributed by atoms with E-state index in [-0.39, 0.29) is 22.7 Å². The first-order chi connectivity index (χ1) is 15.7. The number of hydrogen-bond donors (Lipinski definition) is 3. The van der Waals surface area contributed by atoms with Crippen molar-refractivity contribution in [3.63, 3.8) is 0 Å². The van der Waals surface area contributed by atoms with E-state index in [2.05, 4.69) is 4.98 Å². The maximum Gasteiger partial charge on any atom is 0.259 e. The molecule has 1 aliphatic heterocycles. The van der Waals surface area contributed by atoms with E-state index in [9.17, 15) is 13.2 Å². The molecule has 9 heteroatoms. The van der Waals surface area contributed by atoms with Crippen LogP contribution in [0.1, 0.15) is 30.4 Å². The molecule has 8 nitrogen and oxygen atoms in total. The minimum Gasteiger partial charge on any atom is -0.384 e. The number of piperidine rings is 1. The topological polar surface area (TPSA) is 143 Å². The maximum absolute atomic E-state index is 14.1. The zero-order valence-electron chi connectivity index (χ0n) is 18.2. The van der Waals surface area contributed by atoms with Crippen LogP contribution in [0.5, 0.6) is 0 Å². The summed E-state index contributed by atoms with van der Waals surface area (Å²) >= 11 is 0. The number of hydrogen-bond acceptors (Lipinski definition) is 6. The Hall–Kier alpha value is -3.30. The minimum absolute atomic E-state index is 0.0730. The number of benzene rings is 2. The average molecular weight is 466 g/mol. The number of para-hydroxylation sites is 1. The van der Waals surface area contributed by atoms with Crippen molar-refractivity contribution in [1.82, 2.24) is 9.88 Å². The predicted molar refractivity (Wildman–Crippen MR) is 127 cm³/mol. The number of pyridine rings is 1. The summed E-state index contributed by atoms with van der Waals surface area (Å²) in [6, 6.07) is 14.9. The lowest BCUT2D eigenvalue weighted by Crippen LogP contribution is -2.62. The van der Waals surface area contributed by atoms with E-state index in [1.165, 1.54) is 12.3 Å². The predicted octanol–water partition coefficient (Wildman–Crippen LogP) is 2.20. The molecule has 33 heavy (non-hydrogen) atoms. The second-order valence-corrected chi connectivity index (χ2v) is 10.5. The van der Waals surface area contributed by atoms with Crippen molar-refractivity contribution in [2.75, 3.05) is 13.1 Å². The maximum atomic E-state index is 14.1. The van der Waals surface area contributed by atoms with Gasteiger partial charge in [0.15, 0.2) is 0 Å². The fourth-order valence-electron chi connectivity index (χ4n) is 4.29. The Balaban J connectivity index is 1.87. The number of aromatic nitrogens is 1. The molecule has 1 aromatic heterocycles. The van der Waals surface area contributed by atoms with Crippen LogP contribution in [0.15, 0.2) is 65.7 Å². The van der Waals surface area contributed by atoms with Gasteiger partial charge >= 0.3 is 0 Å². The van der Waals surface area contributed by atoms with Gasteiger partial charge in [-0.1, -0.05) is 36.4 Å². The van der Waals surface area contributed by atoms with Crippen LogP contribution in [0.2, 0.25) is 0 Å². The van der Waals surface area contributed by atoms with Gasteiger partial charge in [-0.2, -0.15) is 0 Å². The van der Waals surface area contributed by atoms with Crippen molar-refractivity contribution in [1.29, 1.82) is 5.41 Å². The van der Waals surface area contributed by atoms with Gasteiger partial charge < -0.3 is 16.4 Å². The molecular weight excluding hydrogens is 438 g/mol. The number of nitrogens with one attached hydrogen (secondary N) is 1. The third-order valence-corrected chi connectivity index (χ3v) is 8.26. The molecule has 3 aromatic rings. The molecule has 2 heterocycles. The third kappa shape index (κ3) is 4.21. The molecule has 0 bridgehead atoms. The van der Waals surface area contributed by atoms with Crippen molar-refractivity contribution in [3.8, 4) is 0 Å². The molecule has 1 fully saturated rings. The standard InChI is InChI=1S/C24H27N5O3S/c25-22(26)19-9-4-7-17(15-19)16-24(27,23(30)29-13-2-1-3-14-29)33(31,32)20-11-5-8-18-10-6-12-28-21(18)20/h4-12,15H,1-3,13-14,16,27H2,(H3,25,26)/t24-/m1/s1. The molecule has 0 unspecified atom stereocenters. The Morgan fingerprint density at radius 1 is 1.06 bits per heavy atom. The van der Waals surface area contributed by atoms with Crippen LogP contribution < -0.4 is 11.5 Å². The fourth-order valence-corrected chi connectivity index (χ4v) is 6.08. The van der Waals surface area contributed by atoms with Crippen molar-refractivity contribution < 1.29 is 13.2 Å². The fraction of sp³-hybridized carbons (Fsp3) is 0.292. The summed E-state index contributed by atoms with van der Waals surface area (Å²) in [5.41, 5.74) is 13.5. The summed E-state index contributed by atoms with van der Waals surface area (Å²) in [5, 5.41) is 8.34. The second kappa shape index (κ2) is 8.92. The van der Waals surface area contributed by atoms with E-state index >= 15 is 0 Å². The Morgan fingerprint density at radius 2 is 1.76 bits per heavy atom. The number of nitrogen functional groups attached to an aromatic ring is 1. The molecule has 5 N–H and O–H groups in total. The van der Waals surface area contributed by atoms with Crippen molar-refractivity contribution in [2.24, 2.45) is 11.5 Å². The van der Waals surface area contributed by atoms with Gasteiger partial charge in [0.25, 0.3) is 5.91 Å². The lowest BCUT2D eigenvalue weighted by Gasteiger charge is -2.36. The quantitative estimate of drug-likeness (QED) is 0.376. The van der Waals surface area contributed by atoms with Gasteiger partial charge in [0.05, 0.1) is 10.4 Å². The van der Waals surface area contributed by atoms with Crippen LogP contribution in [-0.2, 0) is 21.1 Å². The number of likely N-dealkylation sites (tertiary alicyclic amines) is 1. The van der Waals surface area contributed by atoms with Crippen LogP contribution >= 0.6 is 0 Å². The lowest BCUT2D eigenvalue weighted by molar-refractivity contribution is -0.134. The van der Waals surface area contributed by atoms with Gasteiger partial charge in [0.2, 0.25) is 14.7 Å². The summed E-state index contributed by atoms with van der Waals surface area (Å²) in [4.78, 5) is 17.2. The van der Waals surface area contributed by atoms with E-state index in [4.69, 9.17) is 16.9 Å². The molecule has 0 radical (unpaired) electrons. The number of rotatable bonds is 6. The molecule has 1 amide bonds. The van der Waals surface area contributed by atoms with Gasteiger partial charge in [0.1, 0.15) is 5.84 Å². The highest BCUT2D eigenvalue weighted by Crippen LogP contribution is 2.32. The zero-order chi connectivity index (χ0) is 23.6. The average Bonchev–Trinajstić information content (AvgIpc) is 2.83. The second-order valence-electron chi connectivity index (χ2n) is 8.37. The molecule has 172 valence electrons. The monoisotopic (exact) mass is 465 g/mol. The molecule has 0 aliphatic carbocycles.